The maximum Gasteiger partial charge on any atom is 0.267 e. The summed E-state index contributed by atoms with van der Waals surface area (Å²) >= 11 is 0. The molecule has 0 unspecified atom stereocenters. The maximum absolute atomic E-state index is 13.4. The van der Waals surface area contributed by atoms with Crippen LogP contribution >= 0.6 is 0 Å². The van der Waals surface area contributed by atoms with Crippen LogP contribution in [0.3, 0.4) is 0 Å². The largest absolute Gasteiger partial charge is 0.352 e. The molecule has 6 nitrogen and oxygen atoms in total. The topological polar surface area (TPSA) is 74.8 Å². The molecule has 7 heteroatoms. The minimum absolute atomic E-state index is 0.0939. The fourth-order valence-corrected chi connectivity index (χ4v) is 2.95. The number of pyridine rings is 1. The molecular weight excluding hydrogens is 333 g/mol. The Morgan fingerprint density at radius 2 is 1.92 bits per heavy atom. The lowest BCUT2D eigenvalue weighted by atomic mass is 10.1. The summed E-state index contributed by atoms with van der Waals surface area (Å²) in [4.78, 5) is 18.4. The molecular formula is C19H14FN5O. The molecule has 0 radical (unpaired) electrons. The molecule has 0 spiro atoms. The van der Waals surface area contributed by atoms with Crippen LogP contribution in [0, 0.1) is 17.1 Å². The number of benzene rings is 1. The van der Waals surface area contributed by atoms with Crippen LogP contribution < -0.4 is 10.5 Å². The Hall–Kier alpha value is -3.53. The van der Waals surface area contributed by atoms with Crippen LogP contribution in [0.25, 0.3) is 11.3 Å². The van der Waals surface area contributed by atoms with E-state index < -0.39 is 0 Å². The summed E-state index contributed by atoms with van der Waals surface area (Å²) in [5.41, 5.74) is 1.33. The summed E-state index contributed by atoms with van der Waals surface area (Å²) in [6.45, 7) is 1.14. The van der Waals surface area contributed by atoms with E-state index in [0.717, 1.165) is 0 Å². The zero-order valence-electron chi connectivity index (χ0n) is 13.7. The molecule has 0 saturated carbocycles. The molecule has 0 aliphatic carbocycles. The molecule has 3 aromatic rings. The Kier molecular flexibility index (Phi) is 3.93. The zero-order chi connectivity index (χ0) is 18.1. The Balaban J connectivity index is 1.57. The van der Waals surface area contributed by atoms with Gasteiger partial charge in [-0.15, -0.1) is 0 Å². The van der Waals surface area contributed by atoms with E-state index in [2.05, 4.69) is 10.1 Å². The average Bonchev–Trinajstić information content (AvgIpc) is 2.62. The summed E-state index contributed by atoms with van der Waals surface area (Å²) in [6.07, 6.45) is 0. The molecule has 26 heavy (non-hydrogen) atoms. The van der Waals surface area contributed by atoms with E-state index in [9.17, 15) is 9.18 Å². The van der Waals surface area contributed by atoms with Crippen LogP contribution in [-0.2, 0) is 0 Å². The van der Waals surface area contributed by atoms with E-state index in [1.807, 2.05) is 17.0 Å². The van der Waals surface area contributed by atoms with Gasteiger partial charge in [0.1, 0.15) is 23.4 Å². The van der Waals surface area contributed by atoms with Gasteiger partial charge in [-0.2, -0.15) is 10.4 Å². The van der Waals surface area contributed by atoms with Crippen molar-refractivity contribution in [2.75, 3.05) is 18.0 Å². The van der Waals surface area contributed by atoms with Gasteiger partial charge in [0.2, 0.25) is 0 Å². The predicted molar refractivity (Wildman–Crippen MR) is 94.1 cm³/mol. The molecule has 0 bridgehead atoms. The van der Waals surface area contributed by atoms with Gasteiger partial charge < -0.3 is 4.90 Å². The first-order chi connectivity index (χ1) is 12.6. The minimum atomic E-state index is -0.347. The summed E-state index contributed by atoms with van der Waals surface area (Å²) in [5.74, 6) is 0.356. The summed E-state index contributed by atoms with van der Waals surface area (Å²) in [6, 6.07) is 16.4. The van der Waals surface area contributed by atoms with Crippen LogP contribution in [0.4, 0.5) is 10.2 Å². The molecule has 1 aliphatic heterocycles. The second-order valence-electron chi connectivity index (χ2n) is 6.06. The SMILES string of the molecule is N#Cc1cccc(N2CC(n3nc(-c4cccc(F)c4)ccc3=O)C2)n1. The van der Waals surface area contributed by atoms with E-state index in [1.165, 1.54) is 22.9 Å². The van der Waals surface area contributed by atoms with Crippen molar-refractivity contribution in [2.24, 2.45) is 0 Å². The van der Waals surface area contributed by atoms with Gasteiger partial charge in [0.25, 0.3) is 5.56 Å². The molecule has 1 aromatic carbocycles. The van der Waals surface area contributed by atoms with Crippen molar-refractivity contribution < 1.29 is 4.39 Å². The summed E-state index contributed by atoms with van der Waals surface area (Å²) in [7, 11) is 0. The Labute approximate surface area is 148 Å². The van der Waals surface area contributed by atoms with Crippen molar-refractivity contribution in [1.82, 2.24) is 14.8 Å². The van der Waals surface area contributed by atoms with Crippen LogP contribution in [0.1, 0.15) is 11.7 Å². The third-order valence-electron chi connectivity index (χ3n) is 4.33. The third kappa shape index (κ3) is 2.93. The summed E-state index contributed by atoms with van der Waals surface area (Å²) in [5, 5.41) is 13.4. The lowest BCUT2D eigenvalue weighted by molar-refractivity contribution is 0.353. The number of nitrogens with zero attached hydrogens (tertiary/aromatic N) is 5. The first kappa shape index (κ1) is 16.0. The molecule has 0 amide bonds. The van der Waals surface area contributed by atoms with Gasteiger partial charge in [-0.25, -0.2) is 14.1 Å². The van der Waals surface area contributed by atoms with Crippen LogP contribution in [0.5, 0.6) is 0 Å². The first-order valence-corrected chi connectivity index (χ1v) is 8.12. The van der Waals surface area contributed by atoms with Gasteiger partial charge in [-0.1, -0.05) is 18.2 Å². The second kappa shape index (κ2) is 6.41. The maximum atomic E-state index is 13.4. The number of rotatable bonds is 3. The molecule has 3 heterocycles. The van der Waals surface area contributed by atoms with E-state index in [1.54, 1.807) is 30.3 Å². The average molecular weight is 347 g/mol. The second-order valence-corrected chi connectivity index (χ2v) is 6.06. The van der Waals surface area contributed by atoms with Crippen molar-refractivity contribution >= 4 is 5.82 Å². The number of anilines is 1. The number of nitriles is 1. The lowest BCUT2D eigenvalue weighted by Crippen LogP contribution is -2.51. The van der Waals surface area contributed by atoms with Crippen molar-refractivity contribution in [3.63, 3.8) is 0 Å². The van der Waals surface area contributed by atoms with E-state index in [4.69, 9.17) is 5.26 Å². The van der Waals surface area contributed by atoms with E-state index in [0.29, 0.717) is 35.9 Å². The molecule has 1 aliphatic rings. The highest BCUT2D eigenvalue weighted by Gasteiger charge is 2.31. The van der Waals surface area contributed by atoms with E-state index >= 15 is 0 Å². The lowest BCUT2D eigenvalue weighted by Gasteiger charge is -2.40. The highest BCUT2D eigenvalue weighted by Crippen LogP contribution is 2.26. The van der Waals surface area contributed by atoms with Gasteiger partial charge in [-0.05, 0) is 30.3 Å². The Morgan fingerprint density at radius 1 is 1.12 bits per heavy atom. The van der Waals surface area contributed by atoms with Gasteiger partial charge in [0, 0.05) is 24.7 Å². The molecule has 128 valence electrons. The van der Waals surface area contributed by atoms with Crippen LogP contribution in [0.15, 0.2) is 59.4 Å². The van der Waals surface area contributed by atoms with Gasteiger partial charge in [0.15, 0.2) is 0 Å². The van der Waals surface area contributed by atoms with Crippen LogP contribution in [-0.4, -0.2) is 27.9 Å². The molecule has 1 saturated heterocycles. The Bertz CT molecular complexity index is 1070. The highest BCUT2D eigenvalue weighted by molar-refractivity contribution is 5.58. The highest BCUT2D eigenvalue weighted by atomic mass is 19.1. The van der Waals surface area contributed by atoms with Crippen LogP contribution in [0.2, 0.25) is 0 Å². The minimum Gasteiger partial charge on any atom is -0.352 e. The quantitative estimate of drug-likeness (QED) is 0.727. The standard InChI is InChI=1S/C19H14FN5O/c20-14-4-1-3-13(9-14)17-7-8-19(26)25(23-17)16-11-24(12-16)18-6-2-5-15(10-21)22-18/h1-9,16H,11-12H2. The molecule has 1 fully saturated rings. The first-order valence-electron chi connectivity index (χ1n) is 8.12. The number of hydrogen-bond donors (Lipinski definition) is 0. The normalized spacial score (nSPS) is 13.9. The Morgan fingerprint density at radius 3 is 2.69 bits per heavy atom. The predicted octanol–water partition coefficient (Wildman–Crippen LogP) is 2.38. The van der Waals surface area contributed by atoms with Crippen molar-refractivity contribution in [3.05, 3.63) is 76.5 Å². The van der Waals surface area contributed by atoms with E-state index in [-0.39, 0.29) is 17.4 Å². The van der Waals surface area contributed by atoms with Crippen molar-refractivity contribution in [3.8, 4) is 17.3 Å². The molecule has 0 N–H and O–H groups in total. The fraction of sp³-hybridized carbons (Fsp3) is 0.158. The molecule has 2 aromatic heterocycles. The van der Waals surface area contributed by atoms with Gasteiger partial charge in [0.05, 0.1) is 11.7 Å². The number of halogens is 1. The number of hydrogen-bond acceptors (Lipinski definition) is 5. The zero-order valence-corrected chi connectivity index (χ0v) is 13.7. The van der Waals surface area contributed by atoms with Crippen molar-refractivity contribution in [1.29, 1.82) is 5.26 Å². The van der Waals surface area contributed by atoms with Crippen molar-refractivity contribution in [2.45, 2.75) is 6.04 Å². The smallest absolute Gasteiger partial charge is 0.267 e. The third-order valence-corrected chi connectivity index (χ3v) is 4.33. The fourth-order valence-electron chi connectivity index (χ4n) is 2.95. The monoisotopic (exact) mass is 347 g/mol. The number of aromatic nitrogens is 3. The molecule has 0 atom stereocenters. The van der Waals surface area contributed by atoms with Gasteiger partial charge in [-0.3, -0.25) is 4.79 Å². The summed E-state index contributed by atoms with van der Waals surface area (Å²) < 4.78 is 14.9. The molecule has 4 rings (SSSR count). The van der Waals surface area contributed by atoms with Gasteiger partial charge >= 0.3 is 0 Å².